The third-order valence-corrected chi connectivity index (χ3v) is 2.91. The monoisotopic (exact) mass is 253 g/mol. The van der Waals surface area contributed by atoms with Gasteiger partial charge in [-0.05, 0) is 18.2 Å². The van der Waals surface area contributed by atoms with Crippen LogP contribution in [0, 0.1) is 0 Å². The smallest absolute Gasteiger partial charge is 0.258 e. The van der Waals surface area contributed by atoms with Gasteiger partial charge < -0.3 is 25.0 Å². The molecule has 1 fully saturated rings. The molecule has 6 nitrogen and oxygen atoms in total. The molecule has 2 rings (SSSR count). The molecule has 1 aromatic carbocycles. The summed E-state index contributed by atoms with van der Waals surface area (Å²) < 4.78 is 5.18. The van der Waals surface area contributed by atoms with E-state index < -0.39 is 11.9 Å². The Hall–Kier alpha value is -1.79. The Balaban J connectivity index is 2.26. The molecule has 6 heteroatoms. The molecular weight excluding hydrogens is 238 g/mol. The summed E-state index contributed by atoms with van der Waals surface area (Å²) in [6, 6.07) is 3.35. The largest absolute Gasteiger partial charge is 0.508 e. The molecule has 0 bridgehead atoms. The van der Waals surface area contributed by atoms with Crippen LogP contribution >= 0.6 is 0 Å². The van der Waals surface area contributed by atoms with Crippen LogP contribution in [-0.4, -0.2) is 58.5 Å². The highest BCUT2D eigenvalue weighted by atomic mass is 16.5. The van der Waals surface area contributed by atoms with E-state index in [1.54, 1.807) is 0 Å². The van der Waals surface area contributed by atoms with Crippen molar-refractivity contribution < 1.29 is 24.9 Å². The minimum absolute atomic E-state index is 0.0235. The SMILES string of the molecule is O=C(c1cc(O)ccc1O)N1CCOCC1CO. The molecule has 98 valence electrons. The lowest BCUT2D eigenvalue weighted by Crippen LogP contribution is -2.50. The highest BCUT2D eigenvalue weighted by molar-refractivity contribution is 5.97. The van der Waals surface area contributed by atoms with Crippen LogP contribution in [0.25, 0.3) is 0 Å². The summed E-state index contributed by atoms with van der Waals surface area (Å²) in [5.74, 6) is -0.711. The Labute approximate surface area is 104 Å². The van der Waals surface area contributed by atoms with Crippen molar-refractivity contribution in [3.8, 4) is 11.5 Å². The zero-order valence-corrected chi connectivity index (χ0v) is 9.74. The van der Waals surface area contributed by atoms with Crippen LogP contribution in [0.3, 0.4) is 0 Å². The third-order valence-electron chi connectivity index (χ3n) is 2.91. The molecule has 1 unspecified atom stereocenters. The van der Waals surface area contributed by atoms with Crippen LogP contribution in [-0.2, 0) is 4.74 Å². The van der Waals surface area contributed by atoms with Crippen LogP contribution in [0.4, 0.5) is 0 Å². The number of carbonyl (C=O) groups excluding carboxylic acids is 1. The van der Waals surface area contributed by atoms with Crippen LogP contribution in [0.5, 0.6) is 11.5 Å². The molecular formula is C12H15NO5. The first-order valence-corrected chi connectivity index (χ1v) is 5.65. The Kier molecular flexibility index (Phi) is 3.69. The van der Waals surface area contributed by atoms with E-state index in [0.717, 1.165) is 0 Å². The minimum Gasteiger partial charge on any atom is -0.508 e. The van der Waals surface area contributed by atoms with E-state index in [2.05, 4.69) is 0 Å². The van der Waals surface area contributed by atoms with Crippen LogP contribution in [0.15, 0.2) is 18.2 Å². The summed E-state index contributed by atoms with van der Waals surface area (Å²) >= 11 is 0. The molecule has 1 amide bonds. The molecule has 1 aliphatic heterocycles. The molecule has 1 saturated heterocycles. The van der Waals surface area contributed by atoms with Gasteiger partial charge in [0.25, 0.3) is 5.91 Å². The number of aliphatic hydroxyl groups excluding tert-OH is 1. The highest BCUT2D eigenvalue weighted by Gasteiger charge is 2.29. The molecule has 1 atom stereocenters. The van der Waals surface area contributed by atoms with Gasteiger partial charge in [0.15, 0.2) is 0 Å². The lowest BCUT2D eigenvalue weighted by molar-refractivity contribution is -0.0185. The summed E-state index contributed by atoms with van der Waals surface area (Å²) in [5, 5.41) is 28.2. The van der Waals surface area contributed by atoms with Crippen molar-refractivity contribution in [3.63, 3.8) is 0 Å². The Bertz CT molecular complexity index is 448. The van der Waals surface area contributed by atoms with E-state index in [9.17, 15) is 20.1 Å². The Morgan fingerprint density at radius 2 is 2.22 bits per heavy atom. The van der Waals surface area contributed by atoms with Crippen molar-refractivity contribution >= 4 is 5.91 Å². The van der Waals surface area contributed by atoms with E-state index in [4.69, 9.17) is 4.74 Å². The quantitative estimate of drug-likeness (QED) is 0.642. The number of aromatic hydroxyl groups is 2. The van der Waals surface area contributed by atoms with E-state index in [-0.39, 0.29) is 30.3 Å². The fourth-order valence-corrected chi connectivity index (χ4v) is 1.92. The van der Waals surface area contributed by atoms with Gasteiger partial charge in [-0.15, -0.1) is 0 Å². The molecule has 0 radical (unpaired) electrons. The number of hydrogen-bond acceptors (Lipinski definition) is 5. The first kappa shape index (κ1) is 12.7. The number of phenolic OH excluding ortho intramolecular Hbond substituents is 2. The number of aliphatic hydroxyl groups is 1. The van der Waals surface area contributed by atoms with Crippen molar-refractivity contribution in [1.29, 1.82) is 0 Å². The second-order valence-electron chi connectivity index (χ2n) is 4.11. The highest BCUT2D eigenvalue weighted by Crippen LogP contribution is 2.24. The first-order valence-electron chi connectivity index (χ1n) is 5.65. The predicted molar refractivity (Wildman–Crippen MR) is 62.5 cm³/mol. The van der Waals surface area contributed by atoms with Crippen LogP contribution in [0.1, 0.15) is 10.4 Å². The number of morpholine rings is 1. The van der Waals surface area contributed by atoms with Gasteiger partial charge in [-0.1, -0.05) is 0 Å². The minimum atomic E-state index is -0.425. The van der Waals surface area contributed by atoms with Gasteiger partial charge in [0.2, 0.25) is 0 Å². The number of hydrogen-bond donors (Lipinski definition) is 3. The van der Waals surface area contributed by atoms with E-state index in [0.29, 0.717) is 13.2 Å². The van der Waals surface area contributed by atoms with Crippen molar-refractivity contribution in [2.75, 3.05) is 26.4 Å². The van der Waals surface area contributed by atoms with Gasteiger partial charge in [0, 0.05) is 6.54 Å². The summed E-state index contributed by atoms with van der Waals surface area (Å²) in [6.07, 6.45) is 0. The zero-order chi connectivity index (χ0) is 13.1. The van der Waals surface area contributed by atoms with Crippen molar-refractivity contribution in [2.24, 2.45) is 0 Å². The fourth-order valence-electron chi connectivity index (χ4n) is 1.92. The topological polar surface area (TPSA) is 90.2 Å². The van der Waals surface area contributed by atoms with Crippen LogP contribution in [0.2, 0.25) is 0 Å². The lowest BCUT2D eigenvalue weighted by Gasteiger charge is -2.34. The lowest BCUT2D eigenvalue weighted by atomic mass is 10.1. The summed E-state index contributed by atoms with van der Waals surface area (Å²) in [5.41, 5.74) is 0.0235. The van der Waals surface area contributed by atoms with Gasteiger partial charge in [-0.2, -0.15) is 0 Å². The molecule has 0 saturated carbocycles. The van der Waals surface area contributed by atoms with E-state index in [1.165, 1.54) is 23.1 Å². The molecule has 18 heavy (non-hydrogen) atoms. The van der Waals surface area contributed by atoms with E-state index >= 15 is 0 Å². The average Bonchev–Trinajstić information content (AvgIpc) is 2.40. The van der Waals surface area contributed by atoms with Gasteiger partial charge in [-0.25, -0.2) is 0 Å². The molecule has 0 spiro atoms. The standard InChI is InChI=1S/C12H15NO5/c14-6-8-7-18-4-3-13(8)12(17)10-5-9(15)1-2-11(10)16/h1-2,5,8,14-16H,3-4,6-7H2. The fraction of sp³-hybridized carbons (Fsp3) is 0.417. The predicted octanol–water partition coefficient (Wildman–Crippen LogP) is -0.0689. The maximum atomic E-state index is 12.2. The second-order valence-corrected chi connectivity index (χ2v) is 4.11. The summed E-state index contributed by atoms with van der Waals surface area (Å²) in [6.45, 7) is 0.800. The molecule has 1 aliphatic rings. The molecule has 3 N–H and O–H groups in total. The average molecular weight is 253 g/mol. The van der Waals surface area contributed by atoms with Crippen molar-refractivity contribution in [1.82, 2.24) is 4.90 Å². The first-order chi connectivity index (χ1) is 8.63. The Morgan fingerprint density at radius 3 is 2.94 bits per heavy atom. The number of ether oxygens (including phenoxy) is 1. The van der Waals surface area contributed by atoms with Gasteiger partial charge in [0.05, 0.1) is 31.4 Å². The van der Waals surface area contributed by atoms with Crippen LogP contribution < -0.4 is 0 Å². The third kappa shape index (κ3) is 2.39. The van der Waals surface area contributed by atoms with Gasteiger partial charge in [0.1, 0.15) is 11.5 Å². The summed E-state index contributed by atoms with van der Waals surface area (Å²) in [4.78, 5) is 13.7. The zero-order valence-electron chi connectivity index (χ0n) is 9.74. The normalized spacial score (nSPS) is 19.8. The van der Waals surface area contributed by atoms with Gasteiger partial charge in [-0.3, -0.25) is 4.79 Å². The number of phenols is 2. The van der Waals surface area contributed by atoms with E-state index in [1.807, 2.05) is 0 Å². The molecule has 0 aliphatic carbocycles. The number of amides is 1. The van der Waals surface area contributed by atoms with Crippen molar-refractivity contribution in [3.05, 3.63) is 23.8 Å². The number of carbonyl (C=O) groups is 1. The number of rotatable bonds is 2. The molecule has 1 aromatic rings. The maximum Gasteiger partial charge on any atom is 0.258 e. The van der Waals surface area contributed by atoms with Gasteiger partial charge >= 0.3 is 0 Å². The summed E-state index contributed by atoms with van der Waals surface area (Å²) in [7, 11) is 0. The van der Waals surface area contributed by atoms with Crippen molar-refractivity contribution in [2.45, 2.75) is 6.04 Å². The second kappa shape index (κ2) is 5.24. The number of nitrogens with zero attached hydrogens (tertiary/aromatic N) is 1. The maximum absolute atomic E-state index is 12.2. The number of benzene rings is 1. The molecule has 1 heterocycles. The Morgan fingerprint density at radius 1 is 1.44 bits per heavy atom. The molecule has 0 aromatic heterocycles.